The monoisotopic (exact) mass is 372 g/mol. The molecule has 0 fully saturated rings. The molecule has 0 aromatic heterocycles. The third-order valence-corrected chi connectivity index (χ3v) is 3.62. The maximum atomic E-state index is 12.3. The lowest BCUT2D eigenvalue weighted by Gasteiger charge is -2.23. The number of carbonyl (C=O) groups is 5. The second kappa shape index (κ2) is 11.2. The number of hydrogen-bond donors (Lipinski definition) is 5. The van der Waals surface area contributed by atoms with Gasteiger partial charge in [0.05, 0.1) is 12.1 Å². The van der Waals surface area contributed by atoms with Crippen LogP contribution in [0.1, 0.15) is 40.5 Å². The molecule has 0 heterocycles. The molecule has 10 nitrogen and oxygen atoms in total. The molecule has 148 valence electrons. The maximum absolute atomic E-state index is 12.3. The first kappa shape index (κ1) is 23.5. The Morgan fingerprint density at radius 3 is 1.96 bits per heavy atom. The number of aldehydes is 1. The zero-order valence-electron chi connectivity index (χ0n) is 15.4. The number of nitrogens with two attached hydrogens (primary N) is 1. The number of hydrogen-bond acceptors (Lipinski definition) is 6. The molecule has 0 saturated carbocycles. The minimum atomic E-state index is -1.15. The van der Waals surface area contributed by atoms with Crippen molar-refractivity contribution >= 4 is 30.0 Å². The van der Waals surface area contributed by atoms with Gasteiger partial charge in [-0.05, 0) is 26.2 Å². The molecular weight excluding hydrogens is 344 g/mol. The molecule has 6 N–H and O–H groups in total. The lowest BCUT2D eigenvalue weighted by atomic mass is 10.1. The molecule has 3 amide bonds. The van der Waals surface area contributed by atoms with Gasteiger partial charge in [-0.2, -0.15) is 0 Å². The zero-order valence-corrected chi connectivity index (χ0v) is 15.4. The summed E-state index contributed by atoms with van der Waals surface area (Å²) in [5.41, 5.74) is 5.43. The Hall–Kier alpha value is -2.49. The second-order valence-electron chi connectivity index (χ2n) is 6.43. The predicted octanol–water partition coefficient (Wildman–Crippen LogP) is -1.47. The summed E-state index contributed by atoms with van der Waals surface area (Å²) < 4.78 is 0. The first-order valence-electron chi connectivity index (χ1n) is 8.33. The minimum absolute atomic E-state index is 0.118. The van der Waals surface area contributed by atoms with Gasteiger partial charge in [0, 0.05) is 6.42 Å². The summed E-state index contributed by atoms with van der Waals surface area (Å²) in [6.45, 7) is 6.35. The number of nitrogens with one attached hydrogen (secondary N) is 3. The van der Waals surface area contributed by atoms with Crippen LogP contribution < -0.4 is 21.7 Å². The Kier molecular flexibility index (Phi) is 10.1. The molecule has 0 unspecified atom stereocenters. The van der Waals surface area contributed by atoms with Crippen molar-refractivity contribution in [3.8, 4) is 0 Å². The van der Waals surface area contributed by atoms with Crippen LogP contribution in [0.15, 0.2) is 0 Å². The predicted molar refractivity (Wildman–Crippen MR) is 92.9 cm³/mol. The summed E-state index contributed by atoms with van der Waals surface area (Å²) in [6, 6.07) is -3.70. The standard InChI is InChI=1S/C16H28N4O6/c1-8(2)12(7-21)20-15(25)10(4)18-16(26)11(5-6-13(22)23)19-14(24)9(3)17/h7-12H,5-6,17H2,1-4H3,(H,18,26)(H,19,24)(H,20,25)(H,22,23)/t9-,10-,11-,12+/m0/s1. The van der Waals surface area contributed by atoms with Crippen molar-refractivity contribution in [1.82, 2.24) is 16.0 Å². The van der Waals surface area contributed by atoms with Crippen molar-refractivity contribution in [3.63, 3.8) is 0 Å². The lowest BCUT2D eigenvalue weighted by Crippen LogP contribution is -2.56. The minimum Gasteiger partial charge on any atom is -0.481 e. The average molecular weight is 372 g/mol. The van der Waals surface area contributed by atoms with Crippen LogP contribution in [-0.2, 0) is 24.0 Å². The van der Waals surface area contributed by atoms with E-state index >= 15 is 0 Å². The Morgan fingerprint density at radius 2 is 1.54 bits per heavy atom. The summed E-state index contributed by atoms with van der Waals surface area (Å²) >= 11 is 0. The topological polar surface area (TPSA) is 168 Å². The zero-order chi connectivity index (χ0) is 20.4. The lowest BCUT2D eigenvalue weighted by molar-refractivity contribution is -0.138. The molecule has 0 aliphatic heterocycles. The highest BCUT2D eigenvalue weighted by Crippen LogP contribution is 2.02. The summed E-state index contributed by atoms with van der Waals surface area (Å²) in [5, 5.41) is 16.0. The Morgan fingerprint density at radius 1 is 0.962 bits per heavy atom. The number of carboxylic acids is 1. The molecule has 0 radical (unpaired) electrons. The van der Waals surface area contributed by atoms with Crippen molar-refractivity contribution in [2.75, 3.05) is 0 Å². The number of carbonyl (C=O) groups excluding carboxylic acids is 4. The van der Waals surface area contributed by atoms with Crippen LogP contribution in [0.4, 0.5) is 0 Å². The Balaban J connectivity index is 4.92. The molecule has 0 rings (SSSR count). The molecule has 4 atom stereocenters. The van der Waals surface area contributed by atoms with Crippen molar-refractivity contribution in [2.24, 2.45) is 11.7 Å². The molecule has 0 bridgehead atoms. The van der Waals surface area contributed by atoms with E-state index in [0.29, 0.717) is 6.29 Å². The maximum Gasteiger partial charge on any atom is 0.303 e. The molecule has 0 aliphatic carbocycles. The summed E-state index contributed by atoms with van der Waals surface area (Å²) in [4.78, 5) is 57.8. The SMILES string of the molecule is CC(C)[C@@H](C=O)NC(=O)[C@H](C)NC(=O)[C@H](CCC(=O)O)NC(=O)[C@H](C)N. The van der Waals surface area contributed by atoms with Crippen molar-refractivity contribution in [2.45, 2.75) is 64.7 Å². The second-order valence-corrected chi connectivity index (χ2v) is 6.43. The van der Waals surface area contributed by atoms with Crippen molar-refractivity contribution < 1.29 is 29.1 Å². The Labute approximate surface area is 152 Å². The highest BCUT2D eigenvalue weighted by molar-refractivity contribution is 5.93. The summed E-state index contributed by atoms with van der Waals surface area (Å²) in [6.07, 6.45) is 0.102. The van der Waals surface area contributed by atoms with Crippen molar-refractivity contribution in [3.05, 3.63) is 0 Å². The van der Waals surface area contributed by atoms with Gasteiger partial charge in [0.1, 0.15) is 18.4 Å². The van der Waals surface area contributed by atoms with Crippen LogP contribution in [-0.4, -0.2) is 59.3 Å². The first-order chi connectivity index (χ1) is 12.0. The van der Waals surface area contributed by atoms with Gasteiger partial charge in [0.25, 0.3) is 0 Å². The van der Waals surface area contributed by atoms with Gasteiger partial charge in [-0.25, -0.2) is 0 Å². The normalized spacial score (nSPS) is 15.3. The number of aliphatic carboxylic acids is 1. The molecular formula is C16H28N4O6. The van der Waals surface area contributed by atoms with E-state index in [1.165, 1.54) is 13.8 Å². The fraction of sp³-hybridized carbons (Fsp3) is 0.688. The van der Waals surface area contributed by atoms with E-state index in [9.17, 15) is 24.0 Å². The fourth-order valence-corrected chi connectivity index (χ4v) is 1.87. The van der Waals surface area contributed by atoms with Gasteiger partial charge in [0.2, 0.25) is 17.7 Å². The van der Waals surface area contributed by atoms with E-state index in [1.807, 2.05) is 0 Å². The smallest absolute Gasteiger partial charge is 0.303 e. The molecule has 26 heavy (non-hydrogen) atoms. The van der Waals surface area contributed by atoms with Gasteiger partial charge in [-0.3, -0.25) is 19.2 Å². The highest BCUT2D eigenvalue weighted by Gasteiger charge is 2.27. The third-order valence-electron chi connectivity index (χ3n) is 3.62. The van der Waals surface area contributed by atoms with E-state index in [-0.39, 0.29) is 18.8 Å². The van der Waals surface area contributed by atoms with Crippen LogP contribution in [0.2, 0.25) is 0 Å². The van der Waals surface area contributed by atoms with Crippen LogP contribution in [0.5, 0.6) is 0 Å². The number of amides is 3. The Bertz CT molecular complexity index is 535. The van der Waals surface area contributed by atoms with Gasteiger partial charge < -0.3 is 31.6 Å². The van der Waals surface area contributed by atoms with Gasteiger partial charge in [-0.15, -0.1) is 0 Å². The third kappa shape index (κ3) is 8.56. The van der Waals surface area contributed by atoms with Gasteiger partial charge >= 0.3 is 5.97 Å². The molecule has 0 saturated heterocycles. The average Bonchev–Trinajstić information content (AvgIpc) is 2.54. The molecule has 0 aromatic carbocycles. The van der Waals surface area contributed by atoms with Gasteiger partial charge in [-0.1, -0.05) is 13.8 Å². The van der Waals surface area contributed by atoms with E-state index in [4.69, 9.17) is 10.8 Å². The van der Waals surface area contributed by atoms with Gasteiger partial charge in [0.15, 0.2) is 0 Å². The molecule has 0 aliphatic rings. The number of rotatable bonds is 11. The quantitative estimate of drug-likeness (QED) is 0.276. The van der Waals surface area contributed by atoms with Crippen LogP contribution >= 0.6 is 0 Å². The van der Waals surface area contributed by atoms with E-state index in [2.05, 4.69) is 16.0 Å². The van der Waals surface area contributed by atoms with Crippen LogP contribution in [0.3, 0.4) is 0 Å². The molecule has 0 aromatic rings. The van der Waals surface area contributed by atoms with E-state index < -0.39 is 47.9 Å². The van der Waals surface area contributed by atoms with Crippen LogP contribution in [0.25, 0.3) is 0 Å². The molecule has 0 spiro atoms. The van der Waals surface area contributed by atoms with E-state index in [1.54, 1.807) is 13.8 Å². The van der Waals surface area contributed by atoms with E-state index in [0.717, 1.165) is 0 Å². The summed E-state index contributed by atoms with van der Waals surface area (Å²) in [5.74, 6) is -3.15. The largest absolute Gasteiger partial charge is 0.481 e. The molecule has 10 heteroatoms. The summed E-state index contributed by atoms with van der Waals surface area (Å²) in [7, 11) is 0. The first-order valence-corrected chi connectivity index (χ1v) is 8.33. The van der Waals surface area contributed by atoms with Crippen LogP contribution in [0, 0.1) is 5.92 Å². The van der Waals surface area contributed by atoms with Crippen molar-refractivity contribution in [1.29, 1.82) is 0 Å². The highest BCUT2D eigenvalue weighted by atomic mass is 16.4. The fourth-order valence-electron chi connectivity index (χ4n) is 1.87. The number of carboxylic acid groups (broad SMARTS) is 1.